The van der Waals surface area contributed by atoms with E-state index in [1.165, 1.54) is 0 Å². The Morgan fingerprint density at radius 3 is 2.65 bits per heavy atom. The number of nitrogens with two attached hydrogens (primary N) is 1. The van der Waals surface area contributed by atoms with Crippen LogP contribution in [0.4, 0.5) is 0 Å². The van der Waals surface area contributed by atoms with E-state index < -0.39 is 11.4 Å². The summed E-state index contributed by atoms with van der Waals surface area (Å²) in [6.45, 7) is 4.55. The summed E-state index contributed by atoms with van der Waals surface area (Å²) in [5.41, 5.74) is 6.23. The van der Waals surface area contributed by atoms with E-state index in [1.807, 2.05) is 19.9 Å². The van der Waals surface area contributed by atoms with Crippen LogP contribution in [0.5, 0.6) is 0 Å². The molecular formula is C15H22N2O3. The van der Waals surface area contributed by atoms with Gasteiger partial charge < -0.3 is 16.2 Å². The number of carboxylic acids is 1. The van der Waals surface area contributed by atoms with Gasteiger partial charge in [-0.3, -0.25) is 4.79 Å². The molecule has 0 heterocycles. The number of rotatable bonds is 7. The van der Waals surface area contributed by atoms with Gasteiger partial charge in [0.25, 0.3) is 0 Å². The van der Waals surface area contributed by atoms with Gasteiger partial charge in [0.1, 0.15) is 0 Å². The van der Waals surface area contributed by atoms with Gasteiger partial charge >= 0.3 is 5.97 Å². The van der Waals surface area contributed by atoms with E-state index in [4.69, 9.17) is 10.8 Å². The summed E-state index contributed by atoms with van der Waals surface area (Å²) in [5.74, 6) is -1.01. The van der Waals surface area contributed by atoms with Crippen molar-refractivity contribution in [1.29, 1.82) is 0 Å². The number of carbonyl (C=O) groups is 2. The summed E-state index contributed by atoms with van der Waals surface area (Å²) in [5, 5.41) is 11.8. The molecule has 0 fully saturated rings. The lowest BCUT2D eigenvalue weighted by Gasteiger charge is -2.24. The quantitative estimate of drug-likeness (QED) is 0.703. The maximum atomic E-state index is 12.0. The Kier molecular flexibility index (Phi) is 5.70. The maximum Gasteiger partial charge on any atom is 0.335 e. The van der Waals surface area contributed by atoms with Crippen molar-refractivity contribution in [3.63, 3.8) is 0 Å². The average molecular weight is 278 g/mol. The van der Waals surface area contributed by atoms with Crippen molar-refractivity contribution in [2.45, 2.75) is 26.7 Å². The van der Waals surface area contributed by atoms with Crippen molar-refractivity contribution < 1.29 is 14.7 Å². The molecule has 0 aliphatic carbocycles. The van der Waals surface area contributed by atoms with Crippen molar-refractivity contribution in [2.75, 3.05) is 13.1 Å². The van der Waals surface area contributed by atoms with Crippen molar-refractivity contribution in [3.05, 3.63) is 35.4 Å². The van der Waals surface area contributed by atoms with Gasteiger partial charge in [-0.15, -0.1) is 0 Å². The summed E-state index contributed by atoms with van der Waals surface area (Å²) in [7, 11) is 0. The van der Waals surface area contributed by atoms with Crippen LogP contribution in [-0.4, -0.2) is 30.1 Å². The van der Waals surface area contributed by atoms with Gasteiger partial charge in [-0.1, -0.05) is 19.1 Å². The van der Waals surface area contributed by atoms with Gasteiger partial charge in [-0.05, 0) is 37.5 Å². The Morgan fingerprint density at radius 1 is 1.40 bits per heavy atom. The van der Waals surface area contributed by atoms with Crippen LogP contribution in [0.15, 0.2) is 24.3 Å². The number of aromatic carboxylic acids is 1. The minimum Gasteiger partial charge on any atom is -0.478 e. The Labute approximate surface area is 119 Å². The number of nitrogens with one attached hydrogen (secondary N) is 1. The summed E-state index contributed by atoms with van der Waals surface area (Å²) in [4.78, 5) is 22.9. The molecule has 1 amide bonds. The molecule has 1 atom stereocenters. The predicted octanol–water partition coefficient (Wildman–Crippen LogP) is 1.42. The number of amides is 1. The number of hydrogen-bond acceptors (Lipinski definition) is 3. The lowest BCUT2D eigenvalue weighted by Crippen LogP contribution is -2.44. The number of carboxylic acid groups (broad SMARTS) is 1. The molecule has 0 aromatic heterocycles. The Hall–Kier alpha value is -1.88. The van der Waals surface area contributed by atoms with E-state index in [1.54, 1.807) is 18.2 Å². The molecule has 1 aromatic rings. The third kappa shape index (κ3) is 4.06. The second kappa shape index (κ2) is 7.05. The molecule has 5 nitrogen and oxygen atoms in total. The first-order valence-electron chi connectivity index (χ1n) is 6.73. The van der Waals surface area contributed by atoms with E-state index in [-0.39, 0.29) is 11.5 Å². The fourth-order valence-electron chi connectivity index (χ4n) is 1.79. The Bertz CT molecular complexity index is 482. The molecule has 0 saturated heterocycles. The van der Waals surface area contributed by atoms with Gasteiger partial charge in [0.05, 0.1) is 11.0 Å². The lowest BCUT2D eigenvalue weighted by atomic mass is 9.86. The Balaban J connectivity index is 2.55. The molecule has 0 aliphatic heterocycles. The number of benzene rings is 1. The SMILES string of the molecule is CCC(C)(CN)C(=O)NCCc1cccc(C(=O)O)c1. The van der Waals surface area contributed by atoms with E-state index >= 15 is 0 Å². The normalized spacial score (nSPS) is 13.6. The smallest absolute Gasteiger partial charge is 0.335 e. The van der Waals surface area contributed by atoms with Crippen molar-refractivity contribution in [1.82, 2.24) is 5.32 Å². The maximum absolute atomic E-state index is 12.0. The van der Waals surface area contributed by atoms with Crippen LogP contribution in [0.1, 0.15) is 36.2 Å². The van der Waals surface area contributed by atoms with Gasteiger partial charge in [0.15, 0.2) is 0 Å². The molecule has 110 valence electrons. The third-order valence-electron chi connectivity index (χ3n) is 3.65. The first-order chi connectivity index (χ1) is 9.42. The summed E-state index contributed by atoms with van der Waals surface area (Å²) in [6, 6.07) is 6.72. The first kappa shape index (κ1) is 16.2. The number of carbonyl (C=O) groups excluding carboxylic acids is 1. The highest BCUT2D eigenvalue weighted by Crippen LogP contribution is 2.18. The lowest BCUT2D eigenvalue weighted by molar-refractivity contribution is -0.129. The monoisotopic (exact) mass is 278 g/mol. The largest absolute Gasteiger partial charge is 0.478 e. The molecular weight excluding hydrogens is 256 g/mol. The van der Waals surface area contributed by atoms with Gasteiger partial charge in [-0.2, -0.15) is 0 Å². The molecule has 1 rings (SSSR count). The second-order valence-electron chi connectivity index (χ2n) is 5.13. The molecule has 0 saturated carbocycles. The van der Waals surface area contributed by atoms with Crippen LogP contribution in [0.25, 0.3) is 0 Å². The van der Waals surface area contributed by atoms with Crippen LogP contribution in [-0.2, 0) is 11.2 Å². The molecule has 4 N–H and O–H groups in total. The molecule has 1 unspecified atom stereocenters. The van der Waals surface area contributed by atoms with Gasteiger partial charge in [0, 0.05) is 13.1 Å². The Morgan fingerprint density at radius 2 is 2.10 bits per heavy atom. The highest BCUT2D eigenvalue weighted by Gasteiger charge is 2.28. The molecule has 0 aliphatic rings. The standard InChI is InChI=1S/C15H22N2O3/c1-3-15(2,10-16)14(20)17-8-7-11-5-4-6-12(9-11)13(18)19/h4-6,9H,3,7-8,10,16H2,1-2H3,(H,17,20)(H,18,19). The van der Waals surface area contributed by atoms with Crippen LogP contribution in [0, 0.1) is 5.41 Å². The zero-order valence-electron chi connectivity index (χ0n) is 12.0. The third-order valence-corrected chi connectivity index (χ3v) is 3.65. The number of hydrogen-bond donors (Lipinski definition) is 3. The zero-order valence-corrected chi connectivity index (χ0v) is 12.0. The second-order valence-corrected chi connectivity index (χ2v) is 5.13. The highest BCUT2D eigenvalue weighted by atomic mass is 16.4. The van der Waals surface area contributed by atoms with Crippen LogP contribution in [0.2, 0.25) is 0 Å². The molecule has 20 heavy (non-hydrogen) atoms. The topological polar surface area (TPSA) is 92.4 Å². The van der Waals surface area contributed by atoms with Crippen molar-refractivity contribution >= 4 is 11.9 Å². The van der Waals surface area contributed by atoms with E-state index in [9.17, 15) is 9.59 Å². The summed E-state index contributed by atoms with van der Waals surface area (Å²) in [6.07, 6.45) is 1.28. The van der Waals surface area contributed by atoms with Crippen LogP contribution in [0.3, 0.4) is 0 Å². The highest BCUT2D eigenvalue weighted by molar-refractivity contribution is 5.87. The minimum atomic E-state index is -0.947. The predicted molar refractivity (Wildman–Crippen MR) is 77.6 cm³/mol. The molecule has 0 radical (unpaired) electrons. The van der Waals surface area contributed by atoms with Crippen LogP contribution < -0.4 is 11.1 Å². The van der Waals surface area contributed by atoms with Gasteiger partial charge in [0.2, 0.25) is 5.91 Å². The van der Waals surface area contributed by atoms with Crippen molar-refractivity contribution in [2.24, 2.45) is 11.1 Å². The summed E-state index contributed by atoms with van der Waals surface area (Å²) >= 11 is 0. The van der Waals surface area contributed by atoms with E-state index in [2.05, 4.69) is 5.32 Å². The molecule has 1 aromatic carbocycles. The van der Waals surface area contributed by atoms with Gasteiger partial charge in [-0.25, -0.2) is 4.79 Å². The zero-order chi connectivity index (χ0) is 15.2. The van der Waals surface area contributed by atoms with Crippen molar-refractivity contribution in [3.8, 4) is 0 Å². The molecule has 0 spiro atoms. The first-order valence-corrected chi connectivity index (χ1v) is 6.73. The fourth-order valence-corrected chi connectivity index (χ4v) is 1.79. The summed E-state index contributed by atoms with van der Waals surface area (Å²) < 4.78 is 0. The van der Waals surface area contributed by atoms with Crippen LogP contribution >= 0.6 is 0 Å². The average Bonchev–Trinajstić information content (AvgIpc) is 2.46. The van der Waals surface area contributed by atoms with E-state index in [0.717, 1.165) is 5.56 Å². The minimum absolute atomic E-state index is 0.0584. The molecule has 5 heteroatoms. The fraction of sp³-hybridized carbons (Fsp3) is 0.467. The molecule has 0 bridgehead atoms. The van der Waals surface area contributed by atoms with E-state index in [0.29, 0.717) is 25.9 Å².